The Morgan fingerprint density at radius 2 is 1.90 bits per heavy atom. The van der Waals surface area contributed by atoms with E-state index in [-0.39, 0.29) is 17.7 Å². The summed E-state index contributed by atoms with van der Waals surface area (Å²) in [5, 5.41) is 5.92. The molecule has 0 bridgehead atoms. The Kier molecular flexibility index (Phi) is 3.47. The molecule has 106 valence electrons. The fourth-order valence-corrected chi connectivity index (χ4v) is 2.30. The second-order valence-corrected chi connectivity index (χ2v) is 5.89. The van der Waals surface area contributed by atoms with Crippen molar-refractivity contribution in [3.63, 3.8) is 0 Å². The number of nitrogens with one attached hydrogen (secondary N) is 2. The number of carbonyl (C=O) groups is 2. The van der Waals surface area contributed by atoms with Crippen molar-refractivity contribution >= 4 is 17.5 Å². The van der Waals surface area contributed by atoms with Gasteiger partial charge >= 0.3 is 0 Å². The summed E-state index contributed by atoms with van der Waals surface area (Å²) in [5.74, 6) is 0.184. The average molecular weight is 272 g/mol. The lowest BCUT2D eigenvalue weighted by atomic mass is 9.85. The maximum atomic E-state index is 12.0. The molecule has 0 heterocycles. The van der Waals surface area contributed by atoms with Crippen LogP contribution in [0.4, 0.5) is 5.69 Å². The minimum atomic E-state index is -0.0494. The van der Waals surface area contributed by atoms with Crippen molar-refractivity contribution < 1.29 is 9.59 Å². The Morgan fingerprint density at radius 1 is 1.15 bits per heavy atom. The van der Waals surface area contributed by atoms with Crippen LogP contribution in [0.25, 0.3) is 0 Å². The molecule has 2 saturated carbocycles. The molecule has 2 fully saturated rings. The molecule has 4 heteroatoms. The predicted octanol–water partition coefficient (Wildman–Crippen LogP) is 2.63. The zero-order chi connectivity index (χ0) is 14.1. The lowest BCUT2D eigenvalue weighted by molar-refractivity contribution is -0.122. The van der Waals surface area contributed by atoms with Crippen LogP contribution in [0.2, 0.25) is 0 Å². The lowest BCUT2D eigenvalue weighted by Gasteiger charge is -2.24. The second-order valence-electron chi connectivity index (χ2n) is 5.89. The minimum Gasteiger partial charge on any atom is -0.349 e. The Bertz CT molecular complexity index is 545. The van der Waals surface area contributed by atoms with Gasteiger partial charge in [0, 0.05) is 23.2 Å². The largest absolute Gasteiger partial charge is 0.349 e. The third-order valence-electron chi connectivity index (χ3n) is 4.15. The molecular weight excluding hydrogens is 252 g/mol. The molecule has 1 aromatic carbocycles. The number of rotatable bonds is 4. The highest BCUT2D eigenvalue weighted by molar-refractivity contribution is 5.98. The summed E-state index contributed by atoms with van der Waals surface area (Å²) in [7, 11) is 0. The van der Waals surface area contributed by atoms with Crippen LogP contribution < -0.4 is 10.6 Å². The van der Waals surface area contributed by atoms with Gasteiger partial charge in [-0.25, -0.2) is 0 Å². The van der Waals surface area contributed by atoms with E-state index < -0.39 is 0 Å². The number of hydrogen-bond acceptors (Lipinski definition) is 2. The highest BCUT2D eigenvalue weighted by Crippen LogP contribution is 2.28. The minimum absolute atomic E-state index is 0.0494. The number of amides is 2. The van der Waals surface area contributed by atoms with Gasteiger partial charge in [0.15, 0.2) is 0 Å². The van der Waals surface area contributed by atoms with Crippen LogP contribution in [-0.4, -0.2) is 17.9 Å². The van der Waals surface area contributed by atoms with Crippen LogP contribution >= 0.6 is 0 Å². The highest BCUT2D eigenvalue weighted by atomic mass is 16.2. The monoisotopic (exact) mass is 272 g/mol. The first-order chi connectivity index (χ1) is 9.63. The van der Waals surface area contributed by atoms with E-state index in [1.165, 1.54) is 0 Å². The molecule has 2 aliphatic rings. The van der Waals surface area contributed by atoms with Crippen molar-refractivity contribution in [2.75, 3.05) is 5.32 Å². The first-order valence-corrected chi connectivity index (χ1v) is 7.36. The molecule has 1 aromatic rings. The zero-order valence-electron chi connectivity index (χ0n) is 11.7. The van der Waals surface area contributed by atoms with E-state index in [9.17, 15) is 9.59 Å². The van der Waals surface area contributed by atoms with Gasteiger partial charge in [0.2, 0.25) is 5.91 Å². The fourth-order valence-electron chi connectivity index (χ4n) is 2.30. The first kappa shape index (κ1) is 13.2. The van der Waals surface area contributed by atoms with Crippen molar-refractivity contribution in [1.82, 2.24) is 5.32 Å². The summed E-state index contributed by atoms with van der Waals surface area (Å²) in [6, 6.07) is 5.82. The van der Waals surface area contributed by atoms with Gasteiger partial charge in [-0.05, 0) is 50.3 Å². The quantitative estimate of drug-likeness (QED) is 0.885. The molecule has 20 heavy (non-hydrogen) atoms. The van der Waals surface area contributed by atoms with Crippen molar-refractivity contribution in [1.29, 1.82) is 0 Å². The van der Waals surface area contributed by atoms with Gasteiger partial charge in [0.1, 0.15) is 0 Å². The van der Waals surface area contributed by atoms with Crippen molar-refractivity contribution in [3.05, 3.63) is 29.3 Å². The molecule has 2 N–H and O–H groups in total. The smallest absolute Gasteiger partial charge is 0.251 e. The molecular formula is C16H20N2O2. The third kappa shape index (κ3) is 2.84. The van der Waals surface area contributed by atoms with Crippen molar-refractivity contribution in [2.24, 2.45) is 5.92 Å². The molecule has 2 amide bonds. The first-order valence-electron chi connectivity index (χ1n) is 7.36. The van der Waals surface area contributed by atoms with Crippen LogP contribution in [0, 0.1) is 12.8 Å². The van der Waals surface area contributed by atoms with Crippen LogP contribution in [0.1, 0.15) is 48.0 Å². The molecule has 0 aliphatic heterocycles. The Morgan fingerprint density at radius 3 is 2.50 bits per heavy atom. The standard InChI is InChI=1S/C16H20N2O2/c1-10-5-6-12(16(20)17-13-7-8-13)9-14(10)18-15(19)11-3-2-4-11/h5-6,9,11,13H,2-4,7-8H2,1H3,(H,17,20)(H,18,19). The van der Waals surface area contributed by atoms with Crippen LogP contribution in [-0.2, 0) is 4.79 Å². The van der Waals surface area contributed by atoms with Crippen LogP contribution in [0.3, 0.4) is 0 Å². The van der Waals surface area contributed by atoms with Crippen LogP contribution in [0.5, 0.6) is 0 Å². The van der Waals surface area contributed by atoms with E-state index in [1.807, 2.05) is 19.1 Å². The van der Waals surface area contributed by atoms with Gasteiger partial charge < -0.3 is 10.6 Å². The van der Waals surface area contributed by atoms with E-state index in [2.05, 4.69) is 10.6 Å². The summed E-state index contributed by atoms with van der Waals surface area (Å²) in [4.78, 5) is 24.0. The van der Waals surface area contributed by atoms with Gasteiger partial charge in [-0.2, -0.15) is 0 Å². The molecule has 4 nitrogen and oxygen atoms in total. The number of benzene rings is 1. The normalized spacial score (nSPS) is 18.2. The molecule has 0 spiro atoms. The van der Waals surface area contributed by atoms with Gasteiger partial charge in [0.05, 0.1) is 0 Å². The van der Waals surface area contributed by atoms with E-state index in [1.54, 1.807) is 6.07 Å². The molecule has 0 atom stereocenters. The maximum Gasteiger partial charge on any atom is 0.251 e. The summed E-state index contributed by atoms with van der Waals surface area (Å²) in [5.41, 5.74) is 2.36. The Hall–Kier alpha value is -1.84. The van der Waals surface area contributed by atoms with E-state index in [0.29, 0.717) is 11.6 Å². The molecule has 0 radical (unpaired) electrons. The molecule has 2 aliphatic carbocycles. The van der Waals surface area contributed by atoms with Crippen LogP contribution in [0.15, 0.2) is 18.2 Å². The summed E-state index contributed by atoms with van der Waals surface area (Å²) in [6.45, 7) is 1.94. The lowest BCUT2D eigenvalue weighted by Crippen LogP contribution is -2.29. The third-order valence-corrected chi connectivity index (χ3v) is 4.15. The van der Waals surface area contributed by atoms with Gasteiger partial charge in [-0.15, -0.1) is 0 Å². The topological polar surface area (TPSA) is 58.2 Å². The Balaban J connectivity index is 1.71. The van der Waals surface area contributed by atoms with Crippen molar-refractivity contribution in [3.8, 4) is 0 Å². The summed E-state index contributed by atoms with van der Waals surface area (Å²) < 4.78 is 0. The SMILES string of the molecule is Cc1ccc(C(=O)NC2CC2)cc1NC(=O)C1CCC1. The number of anilines is 1. The summed E-state index contributed by atoms with van der Waals surface area (Å²) >= 11 is 0. The van der Waals surface area contributed by atoms with E-state index in [4.69, 9.17) is 0 Å². The van der Waals surface area contributed by atoms with E-state index in [0.717, 1.165) is 43.4 Å². The molecule has 0 saturated heterocycles. The van der Waals surface area contributed by atoms with Gasteiger partial charge in [0.25, 0.3) is 5.91 Å². The maximum absolute atomic E-state index is 12.0. The summed E-state index contributed by atoms with van der Waals surface area (Å²) in [6.07, 6.45) is 5.24. The number of carbonyl (C=O) groups excluding carboxylic acids is 2. The average Bonchev–Trinajstić information content (AvgIpc) is 3.13. The fraction of sp³-hybridized carbons (Fsp3) is 0.500. The predicted molar refractivity (Wildman–Crippen MR) is 77.6 cm³/mol. The van der Waals surface area contributed by atoms with Gasteiger partial charge in [-0.1, -0.05) is 12.5 Å². The highest BCUT2D eigenvalue weighted by Gasteiger charge is 2.26. The van der Waals surface area contributed by atoms with E-state index >= 15 is 0 Å². The Labute approximate surface area is 118 Å². The number of hydrogen-bond donors (Lipinski definition) is 2. The number of aryl methyl sites for hydroxylation is 1. The molecule has 3 rings (SSSR count). The zero-order valence-corrected chi connectivity index (χ0v) is 11.7. The molecule has 0 aromatic heterocycles. The van der Waals surface area contributed by atoms with Gasteiger partial charge in [-0.3, -0.25) is 9.59 Å². The second kappa shape index (κ2) is 5.27. The van der Waals surface area contributed by atoms with Crippen molar-refractivity contribution in [2.45, 2.75) is 45.1 Å². The molecule has 0 unspecified atom stereocenters.